The van der Waals surface area contributed by atoms with Gasteiger partial charge in [0.1, 0.15) is 0 Å². The van der Waals surface area contributed by atoms with Crippen molar-refractivity contribution in [1.82, 2.24) is 19.9 Å². The smallest absolute Gasteiger partial charge is 0.383 e. The van der Waals surface area contributed by atoms with Crippen LogP contribution in [-0.4, -0.2) is 46.0 Å². The van der Waals surface area contributed by atoms with Gasteiger partial charge in [-0.05, 0) is 19.1 Å². The van der Waals surface area contributed by atoms with Crippen LogP contribution in [0.25, 0.3) is 5.65 Å². The van der Waals surface area contributed by atoms with Gasteiger partial charge in [-0.15, -0.1) is 10.2 Å². The van der Waals surface area contributed by atoms with Gasteiger partial charge in [-0.3, -0.25) is 9.20 Å². The third-order valence-electron chi connectivity index (χ3n) is 2.85. The van der Waals surface area contributed by atoms with Gasteiger partial charge >= 0.3 is 6.18 Å². The number of nitrogens with one attached hydrogen (secondary N) is 1. The first-order valence-electron chi connectivity index (χ1n) is 6.64. The number of amides is 1. The van der Waals surface area contributed by atoms with Crippen molar-refractivity contribution in [2.24, 2.45) is 0 Å². The first kappa shape index (κ1) is 17.5. The van der Waals surface area contributed by atoms with Crippen molar-refractivity contribution < 1.29 is 22.7 Å². The van der Waals surface area contributed by atoms with E-state index in [1.54, 1.807) is 6.92 Å². The number of alkyl halides is 3. The molecule has 126 valence electrons. The monoisotopic (exact) mass is 348 g/mol. The number of hydrogen-bond acceptors (Lipinski definition) is 5. The molecule has 0 radical (unpaired) electrons. The fraction of sp³-hybridized carbons (Fsp3) is 0.462. The summed E-state index contributed by atoms with van der Waals surface area (Å²) in [5, 5.41) is 10.5. The number of aromatic nitrogens is 3. The molecule has 1 N–H and O–H groups in total. The van der Waals surface area contributed by atoms with Crippen LogP contribution in [0.3, 0.4) is 0 Å². The highest BCUT2D eigenvalue weighted by Gasteiger charge is 2.31. The molecule has 1 atom stereocenters. The van der Waals surface area contributed by atoms with Crippen LogP contribution in [-0.2, 0) is 15.7 Å². The first-order valence-corrected chi connectivity index (χ1v) is 7.63. The summed E-state index contributed by atoms with van der Waals surface area (Å²) in [4.78, 5) is 11.8. The molecule has 2 heterocycles. The zero-order valence-electron chi connectivity index (χ0n) is 12.4. The molecule has 0 aliphatic rings. The predicted molar refractivity (Wildman–Crippen MR) is 78.2 cm³/mol. The van der Waals surface area contributed by atoms with E-state index in [0.29, 0.717) is 6.61 Å². The second-order valence-corrected chi connectivity index (χ2v) is 5.78. The van der Waals surface area contributed by atoms with Gasteiger partial charge in [-0.1, -0.05) is 11.8 Å². The SMILES string of the molecule is COCC(C)NC(=O)CSc1nnc2ccc(C(F)(F)F)cn12. The number of nitrogens with zero attached hydrogens (tertiary/aromatic N) is 3. The number of carbonyl (C=O) groups is 1. The normalized spacial score (nSPS) is 13.3. The van der Waals surface area contributed by atoms with Crippen LogP contribution < -0.4 is 5.32 Å². The Labute approximate surface area is 134 Å². The van der Waals surface area contributed by atoms with Crippen LogP contribution in [0.4, 0.5) is 13.2 Å². The minimum Gasteiger partial charge on any atom is -0.383 e. The molecule has 23 heavy (non-hydrogen) atoms. The maximum Gasteiger partial charge on any atom is 0.417 e. The molecule has 0 saturated carbocycles. The molecule has 2 aromatic rings. The number of hydrogen-bond donors (Lipinski definition) is 1. The third-order valence-corrected chi connectivity index (χ3v) is 3.80. The maximum absolute atomic E-state index is 12.7. The van der Waals surface area contributed by atoms with Crippen molar-refractivity contribution in [2.75, 3.05) is 19.5 Å². The highest BCUT2D eigenvalue weighted by atomic mass is 32.2. The van der Waals surface area contributed by atoms with Crippen molar-refractivity contribution in [3.63, 3.8) is 0 Å². The van der Waals surface area contributed by atoms with Gasteiger partial charge in [0.25, 0.3) is 0 Å². The van der Waals surface area contributed by atoms with E-state index in [1.807, 2.05) is 0 Å². The lowest BCUT2D eigenvalue weighted by atomic mass is 10.3. The highest BCUT2D eigenvalue weighted by Crippen LogP contribution is 2.30. The minimum atomic E-state index is -4.45. The van der Waals surface area contributed by atoms with Crippen LogP contribution in [0.15, 0.2) is 23.5 Å². The molecule has 1 amide bonds. The number of methoxy groups -OCH3 is 1. The maximum atomic E-state index is 12.7. The predicted octanol–water partition coefficient (Wildman–Crippen LogP) is 1.99. The molecular weight excluding hydrogens is 333 g/mol. The number of ether oxygens (including phenoxy) is 1. The van der Waals surface area contributed by atoms with Crippen molar-refractivity contribution >= 4 is 23.3 Å². The number of pyridine rings is 1. The lowest BCUT2D eigenvalue weighted by Crippen LogP contribution is -2.36. The van der Waals surface area contributed by atoms with Gasteiger partial charge < -0.3 is 10.1 Å². The van der Waals surface area contributed by atoms with E-state index in [9.17, 15) is 18.0 Å². The summed E-state index contributed by atoms with van der Waals surface area (Å²) in [5.74, 6) is -0.242. The fourth-order valence-corrected chi connectivity index (χ4v) is 2.60. The van der Waals surface area contributed by atoms with Crippen molar-refractivity contribution in [3.8, 4) is 0 Å². The van der Waals surface area contributed by atoms with Crippen molar-refractivity contribution in [1.29, 1.82) is 0 Å². The van der Waals surface area contributed by atoms with Gasteiger partial charge in [0.2, 0.25) is 5.91 Å². The average molecular weight is 348 g/mol. The molecule has 0 fully saturated rings. The van der Waals surface area contributed by atoms with E-state index in [4.69, 9.17) is 4.74 Å². The Morgan fingerprint density at radius 1 is 1.43 bits per heavy atom. The summed E-state index contributed by atoms with van der Waals surface area (Å²) < 4.78 is 44.4. The summed E-state index contributed by atoms with van der Waals surface area (Å²) in [6.07, 6.45) is -3.53. The largest absolute Gasteiger partial charge is 0.417 e. The minimum absolute atomic E-state index is 0.0189. The Kier molecular flexibility index (Phi) is 5.47. The Morgan fingerprint density at radius 3 is 2.83 bits per heavy atom. The van der Waals surface area contributed by atoms with Gasteiger partial charge in [-0.25, -0.2) is 0 Å². The first-order chi connectivity index (χ1) is 10.8. The lowest BCUT2D eigenvalue weighted by molar-refractivity contribution is -0.137. The Balaban J connectivity index is 2.07. The number of thioether (sulfide) groups is 1. The van der Waals surface area contributed by atoms with Crippen LogP contribution >= 0.6 is 11.8 Å². The molecule has 2 aromatic heterocycles. The zero-order valence-corrected chi connectivity index (χ0v) is 13.2. The van der Waals surface area contributed by atoms with Gasteiger partial charge in [-0.2, -0.15) is 13.2 Å². The van der Waals surface area contributed by atoms with E-state index < -0.39 is 11.7 Å². The molecular formula is C13H15F3N4O2S. The highest BCUT2D eigenvalue weighted by molar-refractivity contribution is 7.99. The summed E-state index contributed by atoms with van der Waals surface area (Å²) >= 11 is 1.01. The Hall–Kier alpha value is -1.81. The number of halogens is 3. The second kappa shape index (κ2) is 7.18. The molecule has 0 spiro atoms. The number of rotatable bonds is 6. The molecule has 6 nitrogen and oxygen atoms in total. The van der Waals surface area contributed by atoms with Gasteiger partial charge in [0.05, 0.1) is 17.9 Å². The Bertz CT molecular complexity index is 689. The van der Waals surface area contributed by atoms with E-state index in [0.717, 1.165) is 24.0 Å². The van der Waals surface area contributed by atoms with E-state index >= 15 is 0 Å². The average Bonchev–Trinajstić information content (AvgIpc) is 2.86. The van der Waals surface area contributed by atoms with E-state index in [-0.39, 0.29) is 28.5 Å². The topological polar surface area (TPSA) is 68.5 Å². The number of carbonyl (C=O) groups excluding carboxylic acids is 1. The molecule has 0 aliphatic heterocycles. The summed E-state index contributed by atoms with van der Waals surface area (Å²) in [6.45, 7) is 2.16. The molecule has 0 aromatic carbocycles. The van der Waals surface area contributed by atoms with Crippen LogP contribution in [0.5, 0.6) is 0 Å². The van der Waals surface area contributed by atoms with Crippen LogP contribution in [0, 0.1) is 0 Å². The molecule has 0 aliphatic carbocycles. The van der Waals surface area contributed by atoms with Crippen LogP contribution in [0.2, 0.25) is 0 Å². The third kappa shape index (κ3) is 4.58. The van der Waals surface area contributed by atoms with Crippen molar-refractivity contribution in [3.05, 3.63) is 23.9 Å². The standard InChI is InChI=1S/C13H15F3N4O2S/c1-8(6-22-2)17-11(21)7-23-12-19-18-10-4-3-9(5-20(10)12)13(14,15)16/h3-5,8H,6-7H2,1-2H3,(H,17,21). The molecule has 0 saturated heterocycles. The molecule has 10 heteroatoms. The second-order valence-electron chi connectivity index (χ2n) is 4.84. The molecule has 2 rings (SSSR count). The number of fused-ring (bicyclic) bond motifs is 1. The van der Waals surface area contributed by atoms with Gasteiger partial charge in [0.15, 0.2) is 10.8 Å². The van der Waals surface area contributed by atoms with Crippen LogP contribution in [0.1, 0.15) is 12.5 Å². The summed E-state index contributed by atoms with van der Waals surface area (Å²) in [6, 6.07) is 2.03. The van der Waals surface area contributed by atoms with E-state index in [2.05, 4.69) is 15.5 Å². The summed E-state index contributed by atoms with van der Waals surface area (Å²) in [7, 11) is 1.53. The molecule has 0 bridgehead atoms. The van der Waals surface area contributed by atoms with Gasteiger partial charge in [0, 0.05) is 19.3 Å². The quantitative estimate of drug-likeness (QED) is 0.809. The van der Waals surface area contributed by atoms with E-state index in [1.165, 1.54) is 17.6 Å². The Morgan fingerprint density at radius 2 is 2.17 bits per heavy atom. The fourth-order valence-electron chi connectivity index (χ4n) is 1.87. The molecule has 1 unspecified atom stereocenters. The van der Waals surface area contributed by atoms with Crippen molar-refractivity contribution in [2.45, 2.75) is 24.3 Å². The lowest BCUT2D eigenvalue weighted by Gasteiger charge is -2.12. The summed E-state index contributed by atoms with van der Waals surface area (Å²) in [5.41, 5.74) is -0.515. The zero-order chi connectivity index (χ0) is 17.0.